The van der Waals surface area contributed by atoms with Gasteiger partial charge >= 0.3 is 5.97 Å². The summed E-state index contributed by atoms with van der Waals surface area (Å²) in [6, 6.07) is 0.489. The van der Waals surface area contributed by atoms with Crippen LogP contribution >= 0.6 is 0 Å². The molecule has 2 N–H and O–H groups in total. The maximum Gasteiger partial charge on any atom is 0.304 e. The number of hydrogen-bond acceptors (Lipinski definition) is 3. The van der Waals surface area contributed by atoms with Crippen LogP contribution in [0.25, 0.3) is 0 Å². The second-order valence-corrected chi connectivity index (χ2v) is 4.70. The SMILES string of the molecule is CC(CC(=O)O)N(CCO)C1CCCCC1. The van der Waals surface area contributed by atoms with Gasteiger partial charge in [-0.1, -0.05) is 19.3 Å². The van der Waals surface area contributed by atoms with Gasteiger partial charge in [-0.25, -0.2) is 0 Å². The highest BCUT2D eigenvalue weighted by Crippen LogP contribution is 2.24. The zero-order valence-electron chi connectivity index (χ0n) is 10.1. The second-order valence-electron chi connectivity index (χ2n) is 4.70. The van der Waals surface area contributed by atoms with Crippen LogP contribution in [0.2, 0.25) is 0 Å². The molecule has 4 heteroatoms. The van der Waals surface area contributed by atoms with Crippen molar-refractivity contribution in [1.82, 2.24) is 4.90 Å². The van der Waals surface area contributed by atoms with Crippen LogP contribution in [-0.4, -0.2) is 46.3 Å². The predicted octanol–water partition coefficient (Wildman–Crippen LogP) is 1.48. The Kier molecular flexibility index (Phi) is 5.77. The third-order valence-corrected chi connectivity index (χ3v) is 3.44. The summed E-state index contributed by atoms with van der Waals surface area (Å²) < 4.78 is 0. The molecule has 0 bridgehead atoms. The van der Waals surface area contributed by atoms with E-state index in [4.69, 9.17) is 10.2 Å². The van der Waals surface area contributed by atoms with Crippen LogP contribution in [0.5, 0.6) is 0 Å². The average molecular weight is 229 g/mol. The van der Waals surface area contributed by atoms with Crippen LogP contribution in [0, 0.1) is 0 Å². The van der Waals surface area contributed by atoms with Gasteiger partial charge in [-0.05, 0) is 19.8 Å². The molecule has 0 aromatic heterocycles. The maximum atomic E-state index is 10.7. The Morgan fingerprint density at radius 2 is 2.00 bits per heavy atom. The number of aliphatic hydroxyl groups is 1. The summed E-state index contributed by atoms with van der Waals surface area (Å²) in [5.74, 6) is -0.758. The molecule has 1 rings (SSSR count). The second kappa shape index (κ2) is 6.86. The Hall–Kier alpha value is -0.610. The van der Waals surface area contributed by atoms with Crippen LogP contribution in [0.4, 0.5) is 0 Å². The number of nitrogens with zero attached hydrogens (tertiary/aromatic N) is 1. The van der Waals surface area contributed by atoms with Crippen molar-refractivity contribution in [2.45, 2.75) is 57.5 Å². The highest BCUT2D eigenvalue weighted by Gasteiger charge is 2.25. The number of aliphatic hydroxyl groups excluding tert-OH is 1. The molecule has 1 aliphatic carbocycles. The molecule has 1 unspecified atom stereocenters. The standard InChI is InChI=1S/C12H23NO3/c1-10(9-12(15)16)13(7-8-14)11-5-3-2-4-6-11/h10-11,14H,2-9H2,1H3,(H,15,16). The van der Waals surface area contributed by atoms with Gasteiger partial charge in [0, 0.05) is 18.6 Å². The van der Waals surface area contributed by atoms with Crippen LogP contribution in [0.3, 0.4) is 0 Å². The molecular formula is C12H23NO3. The number of hydrogen-bond donors (Lipinski definition) is 2. The quantitative estimate of drug-likeness (QED) is 0.724. The summed E-state index contributed by atoms with van der Waals surface area (Å²) in [5.41, 5.74) is 0. The molecule has 0 spiro atoms. The first-order chi connectivity index (χ1) is 7.65. The molecule has 16 heavy (non-hydrogen) atoms. The summed E-state index contributed by atoms with van der Waals surface area (Å²) >= 11 is 0. The molecule has 0 aromatic carbocycles. The van der Waals surface area contributed by atoms with Crippen molar-refractivity contribution in [3.63, 3.8) is 0 Å². The van der Waals surface area contributed by atoms with Gasteiger partial charge in [0.25, 0.3) is 0 Å². The number of rotatable bonds is 6. The zero-order valence-corrected chi connectivity index (χ0v) is 10.1. The van der Waals surface area contributed by atoms with E-state index in [0.29, 0.717) is 12.6 Å². The van der Waals surface area contributed by atoms with Gasteiger partial charge in [0.15, 0.2) is 0 Å². The van der Waals surface area contributed by atoms with Gasteiger partial charge in [-0.3, -0.25) is 9.69 Å². The summed E-state index contributed by atoms with van der Waals surface area (Å²) in [4.78, 5) is 12.9. The molecule has 0 aromatic rings. The Morgan fingerprint density at radius 3 is 2.50 bits per heavy atom. The lowest BCUT2D eigenvalue weighted by Crippen LogP contribution is -2.45. The lowest BCUT2D eigenvalue weighted by molar-refractivity contribution is -0.138. The normalized spacial score (nSPS) is 19.9. The van der Waals surface area contributed by atoms with E-state index in [1.807, 2.05) is 6.92 Å². The largest absolute Gasteiger partial charge is 0.481 e. The van der Waals surface area contributed by atoms with E-state index in [-0.39, 0.29) is 19.1 Å². The van der Waals surface area contributed by atoms with Crippen LogP contribution in [0.1, 0.15) is 45.4 Å². The molecule has 1 saturated carbocycles. The first-order valence-electron chi connectivity index (χ1n) is 6.23. The fourth-order valence-corrected chi connectivity index (χ4v) is 2.66. The molecule has 94 valence electrons. The molecule has 1 atom stereocenters. The Morgan fingerprint density at radius 1 is 1.38 bits per heavy atom. The molecule has 0 heterocycles. The maximum absolute atomic E-state index is 10.7. The minimum absolute atomic E-state index is 0.0211. The van der Waals surface area contributed by atoms with Gasteiger partial charge in [0.1, 0.15) is 0 Å². The van der Waals surface area contributed by atoms with Crippen molar-refractivity contribution in [1.29, 1.82) is 0 Å². The third-order valence-electron chi connectivity index (χ3n) is 3.44. The number of carboxylic acid groups (broad SMARTS) is 1. The van der Waals surface area contributed by atoms with Gasteiger partial charge in [-0.2, -0.15) is 0 Å². The highest BCUT2D eigenvalue weighted by atomic mass is 16.4. The Labute approximate surface area is 97.3 Å². The minimum atomic E-state index is -0.758. The Balaban J connectivity index is 2.53. The summed E-state index contributed by atoms with van der Waals surface area (Å²) in [7, 11) is 0. The predicted molar refractivity (Wildman–Crippen MR) is 62.4 cm³/mol. The fraction of sp³-hybridized carbons (Fsp3) is 0.917. The van der Waals surface area contributed by atoms with Crippen molar-refractivity contribution < 1.29 is 15.0 Å². The topological polar surface area (TPSA) is 60.8 Å². The van der Waals surface area contributed by atoms with E-state index in [1.165, 1.54) is 19.3 Å². The summed E-state index contributed by atoms with van der Waals surface area (Å²) in [6.45, 7) is 2.65. The zero-order chi connectivity index (χ0) is 12.0. The first kappa shape index (κ1) is 13.5. The lowest BCUT2D eigenvalue weighted by Gasteiger charge is -2.37. The third kappa shape index (κ3) is 4.10. The minimum Gasteiger partial charge on any atom is -0.481 e. The molecule has 0 aliphatic heterocycles. The molecule has 0 radical (unpaired) electrons. The van der Waals surface area contributed by atoms with Crippen molar-refractivity contribution in [2.24, 2.45) is 0 Å². The molecule has 0 saturated heterocycles. The summed E-state index contributed by atoms with van der Waals surface area (Å²) in [6.07, 6.45) is 6.19. The van der Waals surface area contributed by atoms with E-state index >= 15 is 0 Å². The van der Waals surface area contributed by atoms with E-state index in [0.717, 1.165) is 12.8 Å². The van der Waals surface area contributed by atoms with E-state index in [2.05, 4.69) is 4.90 Å². The van der Waals surface area contributed by atoms with Crippen LogP contribution < -0.4 is 0 Å². The van der Waals surface area contributed by atoms with Gasteiger partial charge < -0.3 is 10.2 Å². The van der Waals surface area contributed by atoms with Crippen molar-refractivity contribution in [2.75, 3.05) is 13.2 Å². The van der Waals surface area contributed by atoms with Gasteiger partial charge in [-0.15, -0.1) is 0 Å². The fourth-order valence-electron chi connectivity index (χ4n) is 2.66. The lowest BCUT2D eigenvalue weighted by atomic mass is 9.93. The molecule has 1 fully saturated rings. The van der Waals surface area contributed by atoms with Gasteiger partial charge in [0.2, 0.25) is 0 Å². The van der Waals surface area contributed by atoms with E-state index in [1.54, 1.807) is 0 Å². The molecule has 4 nitrogen and oxygen atoms in total. The van der Waals surface area contributed by atoms with Crippen LogP contribution in [-0.2, 0) is 4.79 Å². The molecule has 0 amide bonds. The monoisotopic (exact) mass is 229 g/mol. The number of carboxylic acids is 1. The average Bonchev–Trinajstić information content (AvgIpc) is 2.26. The summed E-state index contributed by atoms with van der Waals surface area (Å²) in [5, 5.41) is 17.9. The van der Waals surface area contributed by atoms with Crippen molar-refractivity contribution >= 4 is 5.97 Å². The number of aliphatic carboxylic acids is 1. The van der Waals surface area contributed by atoms with Gasteiger partial charge in [0.05, 0.1) is 13.0 Å². The van der Waals surface area contributed by atoms with Crippen LogP contribution in [0.15, 0.2) is 0 Å². The van der Waals surface area contributed by atoms with E-state index in [9.17, 15) is 4.79 Å². The first-order valence-corrected chi connectivity index (χ1v) is 6.23. The Bertz CT molecular complexity index is 214. The molecular weight excluding hydrogens is 206 g/mol. The van der Waals surface area contributed by atoms with Crippen molar-refractivity contribution in [3.05, 3.63) is 0 Å². The van der Waals surface area contributed by atoms with E-state index < -0.39 is 5.97 Å². The smallest absolute Gasteiger partial charge is 0.304 e. The van der Waals surface area contributed by atoms with Crippen molar-refractivity contribution in [3.8, 4) is 0 Å². The molecule has 1 aliphatic rings. The number of carbonyl (C=O) groups is 1. The highest BCUT2D eigenvalue weighted by molar-refractivity contribution is 5.67.